The second kappa shape index (κ2) is 7.97. The van der Waals surface area contributed by atoms with Gasteiger partial charge in [0.1, 0.15) is 0 Å². The number of aromatic nitrogens is 1. The summed E-state index contributed by atoms with van der Waals surface area (Å²) in [6, 6.07) is 7.18. The topological polar surface area (TPSA) is 65.5 Å². The number of para-hydroxylation sites is 2. The van der Waals surface area contributed by atoms with Crippen molar-refractivity contribution in [3.05, 3.63) is 40.3 Å². The fraction of sp³-hybridized carbons (Fsp3) is 0.421. The van der Waals surface area contributed by atoms with E-state index < -0.39 is 0 Å². The van der Waals surface area contributed by atoms with E-state index in [1.807, 2.05) is 56.3 Å². The number of nitrogens with one attached hydrogen (secondary N) is 1. The van der Waals surface area contributed by atoms with Crippen LogP contribution >= 0.6 is 11.3 Å². The minimum atomic E-state index is -0.306. The minimum absolute atomic E-state index is 0.0900. The van der Waals surface area contributed by atoms with Crippen LogP contribution in [0.2, 0.25) is 0 Å². The Balaban J connectivity index is 1.68. The zero-order chi connectivity index (χ0) is 18.7. The molecule has 1 N–H and O–H groups in total. The van der Waals surface area contributed by atoms with Gasteiger partial charge in [0, 0.05) is 30.6 Å². The van der Waals surface area contributed by atoms with Gasteiger partial charge >= 0.3 is 0 Å². The van der Waals surface area contributed by atoms with Crippen LogP contribution in [0.3, 0.4) is 0 Å². The number of carbonyl (C=O) groups excluding carboxylic acids is 2. The maximum atomic E-state index is 12.7. The molecule has 1 saturated heterocycles. The highest BCUT2D eigenvalue weighted by Crippen LogP contribution is 2.29. The van der Waals surface area contributed by atoms with Gasteiger partial charge in [-0.15, -0.1) is 11.3 Å². The Morgan fingerprint density at radius 1 is 1.42 bits per heavy atom. The Hall–Kier alpha value is -2.25. The van der Waals surface area contributed by atoms with Crippen molar-refractivity contribution in [1.82, 2.24) is 9.88 Å². The molecule has 6 nitrogen and oxygen atoms in total. The standard InChI is InChI=1S/C19H24N4O2S/c1-13(22(3)12-15-11-20-14(2)26-15)19(25)21-16-7-4-5-8-17(16)23-10-6-9-18(23)24/h4-5,7-8,11,13H,6,9-10,12H2,1-3H3,(H,21,25)/t13-/m0/s1. The van der Waals surface area contributed by atoms with Crippen LogP contribution in [0.15, 0.2) is 30.5 Å². The summed E-state index contributed by atoms with van der Waals surface area (Å²) in [7, 11) is 1.93. The summed E-state index contributed by atoms with van der Waals surface area (Å²) in [5.41, 5.74) is 1.46. The molecule has 2 aromatic rings. The number of thiazole rings is 1. The van der Waals surface area contributed by atoms with Crippen molar-refractivity contribution in [3.63, 3.8) is 0 Å². The zero-order valence-electron chi connectivity index (χ0n) is 15.4. The van der Waals surface area contributed by atoms with Crippen molar-refractivity contribution in [2.45, 2.75) is 39.3 Å². The van der Waals surface area contributed by atoms with E-state index in [0.717, 1.165) is 22.0 Å². The first kappa shape index (κ1) is 18.5. The van der Waals surface area contributed by atoms with Crippen molar-refractivity contribution in [2.75, 3.05) is 23.8 Å². The van der Waals surface area contributed by atoms with Crippen molar-refractivity contribution in [3.8, 4) is 0 Å². The average molecular weight is 372 g/mol. The van der Waals surface area contributed by atoms with Crippen LogP contribution in [0.1, 0.15) is 29.7 Å². The molecule has 1 fully saturated rings. The third kappa shape index (κ3) is 4.11. The van der Waals surface area contributed by atoms with Gasteiger partial charge < -0.3 is 10.2 Å². The minimum Gasteiger partial charge on any atom is -0.323 e. The molecular formula is C19H24N4O2S. The lowest BCUT2D eigenvalue weighted by atomic mass is 10.2. The molecule has 1 atom stereocenters. The molecular weight excluding hydrogens is 348 g/mol. The Morgan fingerprint density at radius 3 is 2.85 bits per heavy atom. The van der Waals surface area contributed by atoms with Gasteiger partial charge in [-0.25, -0.2) is 4.98 Å². The molecule has 3 rings (SSSR count). The molecule has 0 saturated carbocycles. The van der Waals surface area contributed by atoms with Crippen LogP contribution in [0.5, 0.6) is 0 Å². The van der Waals surface area contributed by atoms with E-state index in [1.54, 1.807) is 16.2 Å². The van der Waals surface area contributed by atoms with E-state index in [4.69, 9.17) is 0 Å². The fourth-order valence-corrected chi connectivity index (χ4v) is 3.87. The van der Waals surface area contributed by atoms with Crippen LogP contribution in [0.4, 0.5) is 11.4 Å². The molecule has 0 radical (unpaired) electrons. The molecule has 2 amide bonds. The number of amides is 2. The number of benzene rings is 1. The molecule has 2 heterocycles. The molecule has 1 aliphatic rings. The predicted octanol–water partition coefficient (Wildman–Crippen LogP) is 3.04. The van der Waals surface area contributed by atoms with E-state index in [0.29, 0.717) is 25.2 Å². The number of hydrogen-bond acceptors (Lipinski definition) is 5. The first-order valence-corrected chi connectivity index (χ1v) is 9.59. The highest BCUT2D eigenvalue weighted by molar-refractivity contribution is 7.11. The lowest BCUT2D eigenvalue weighted by Gasteiger charge is -2.25. The molecule has 1 aromatic heterocycles. The summed E-state index contributed by atoms with van der Waals surface area (Å²) in [6.07, 6.45) is 3.28. The van der Waals surface area contributed by atoms with Gasteiger partial charge in [-0.2, -0.15) is 0 Å². The Kier molecular flexibility index (Phi) is 5.68. The average Bonchev–Trinajstić information content (AvgIpc) is 3.22. The van der Waals surface area contributed by atoms with Gasteiger partial charge in [0.2, 0.25) is 11.8 Å². The molecule has 0 bridgehead atoms. The molecule has 0 spiro atoms. The maximum Gasteiger partial charge on any atom is 0.241 e. The highest BCUT2D eigenvalue weighted by Gasteiger charge is 2.25. The molecule has 1 aliphatic heterocycles. The quantitative estimate of drug-likeness (QED) is 0.846. The normalized spacial score (nSPS) is 15.5. The molecule has 0 aliphatic carbocycles. The number of anilines is 2. The zero-order valence-corrected chi connectivity index (χ0v) is 16.2. The predicted molar refractivity (Wildman–Crippen MR) is 104 cm³/mol. The molecule has 26 heavy (non-hydrogen) atoms. The van der Waals surface area contributed by atoms with Crippen LogP contribution in [0.25, 0.3) is 0 Å². The number of likely N-dealkylation sites (N-methyl/N-ethyl adjacent to an activating group) is 1. The van der Waals surface area contributed by atoms with Crippen LogP contribution < -0.4 is 10.2 Å². The largest absolute Gasteiger partial charge is 0.323 e. The van der Waals surface area contributed by atoms with Gasteiger partial charge in [0.25, 0.3) is 0 Å². The number of aryl methyl sites for hydroxylation is 1. The van der Waals surface area contributed by atoms with Crippen molar-refractivity contribution in [2.24, 2.45) is 0 Å². The first-order valence-electron chi connectivity index (χ1n) is 8.77. The second-order valence-electron chi connectivity index (χ2n) is 6.59. The lowest BCUT2D eigenvalue weighted by Crippen LogP contribution is -2.39. The third-order valence-corrected chi connectivity index (χ3v) is 5.54. The van der Waals surface area contributed by atoms with E-state index in [9.17, 15) is 9.59 Å². The number of carbonyl (C=O) groups is 2. The summed E-state index contributed by atoms with van der Waals surface area (Å²) in [5, 5.41) is 4.02. The third-order valence-electron chi connectivity index (χ3n) is 4.64. The van der Waals surface area contributed by atoms with Crippen molar-refractivity contribution >= 4 is 34.5 Å². The lowest BCUT2D eigenvalue weighted by molar-refractivity contribution is -0.120. The van der Waals surface area contributed by atoms with Crippen LogP contribution in [-0.2, 0) is 16.1 Å². The molecule has 138 valence electrons. The monoisotopic (exact) mass is 372 g/mol. The maximum absolute atomic E-state index is 12.7. The number of rotatable bonds is 6. The van der Waals surface area contributed by atoms with Crippen molar-refractivity contribution < 1.29 is 9.59 Å². The summed E-state index contributed by atoms with van der Waals surface area (Å²) in [6.45, 7) is 5.23. The van der Waals surface area contributed by atoms with Crippen LogP contribution in [0, 0.1) is 6.92 Å². The van der Waals surface area contributed by atoms with E-state index in [-0.39, 0.29) is 17.9 Å². The van der Waals surface area contributed by atoms with Gasteiger partial charge in [-0.1, -0.05) is 12.1 Å². The molecule has 7 heteroatoms. The van der Waals surface area contributed by atoms with E-state index in [2.05, 4.69) is 10.3 Å². The fourth-order valence-electron chi connectivity index (χ4n) is 3.02. The summed E-state index contributed by atoms with van der Waals surface area (Å²) >= 11 is 1.64. The van der Waals surface area contributed by atoms with Crippen molar-refractivity contribution in [1.29, 1.82) is 0 Å². The SMILES string of the molecule is Cc1ncc(CN(C)[C@@H](C)C(=O)Nc2ccccc2N2CCCC2=O)s1. The number of nitrogens with zero attached hydrogens (tertiary/aromatic N) is 3. The van der Waals surface area contributed by atoms with Crippen LogP contribution in [-0.4, -0.2) is 41.3 Å². The Bertz CT molecular complexity index is 804. The Morgan fingerprint density at radius 2 is 2.19 bits per heavy atom. The van der Waals surface area contributed by atoms with Gasteiger partial charge in [0.05, 0.1) is 22.4 Å². The van der Waals surface area contributed by atoms with Gasteiger partial charge in [-0.05, 0) is 39.4 Å². The van der Waals surface area contributed by atoms with Gasteiger partial charge in [-0.3, -0.25) is 14.5 Å². The molecule has 0 unspecified atom stereocenters. The highest BCUT2D eigenvalue weighted by atomic mass is 32.1. The smallest absolute Gasteiger partial charge is 0.241 e. The summed E-state index contributed by atoms with van der Waals surface area (Å²) in [5.74, 6) is 0.0188. The van der Waals surface area contributed by atoms with E-state index in [1.165, 1.54) is 0 Å². The summed E-state index contributed by atoms with van der Waals surface area (Å²) < 4.78 is 0. The molecule has 1 aromatic carbocycles. The second-order valence-corrected chi connectivity index (χ2v) is 7.91. The number of hydrogen-bond donors (Lipinski definition) is 1. The van der Waals surface area contributed by atoms with Gasteiger partial charge in [0.15, 0.2) is 0 Å². The van der Waals surface area contributed by atoms with E-state index >= 15 is 0 Å². The first-order chi connectivity index (χ1) is 12.5. The summed E-state index contributed by atoms with van der Waals surface area (Å²) in [4.78, 5) is 33.9. The Labute approximate surface area is 157 Å².